The summed E-state index contributed by atoms with van der Waals surface area (Å²) in [5, 5.41) is 3.10. The number of pyridine rings is 1. The summed E-state index contributed by atoms with van der Waals surface area (Å²) in [6.07, 6.45) is 3.41. The number of hydrogen-bond acceptors (Lipinski definition) is 3. The van der Waals surface area contributed by atoms with Gasteiger partial charge in [-0.15, -0.1) is 0 Å². The number of rotatable bonds is 3. The molecule has 136 valence electrons. The molecule has 6 nitrogen and oxygen atoms in total. The molecule has 1 aliphatic rings. The third-order valence-corrected chi connectivity index (χ3v) is 4.81. The molecule has 0 unspecified atom stereocenters. The number of carbonyl (C=O) groups is 2. The van der Waals surface area contributed by atoms with Gasteiger partial charge in [0.1, 0.15) is 5.69 Å². The number of anilines is 1. The van der Waals surface area contributed by atoms with E-state index in [1.807, 2.05) is 0 Å². The fourth-order valence-corrected chi connectivity index (χ4v) is 3.26. The third-order valence-electron chi connectivity index (χ3n) is 4.24. The second-order valence-corrected chi connectivity index (χ2v) is 6.98. The van der Waals surface area contributed by atoms with Crippen LogP contribution in [0.15, 0.2) is 35.3 Å². The van der Waals surface area contributed by atoms with Crippen LogP contribution >= 0.6 is 23.2 Å². The van der Waals surface area contributed by atoms with Gasteiger partial charge in [0.2, 0.25) is 0 Å². The maximum Gasteiger partial charge on any atom is 0.274 e. The van der Waals surface area contributed by atoms with Gasteiger partial charge in [0, 0.05) is 31.4 Å². The third kappa shape index (κ3) is 3.76. The van der Waals surface area contributed by atoms with Crippen LogP contribution in [0.2, 0.25) is 10.0 Å². The van der Waals surface area contributed by atoms with E-state index in [1.54, 1.807) is 11.0 Å². The predicted octanol–water partition coefficient (Wildman–Crippen LogP) is 3.18. The van der Waals surface area contributed by atoms with Crippen molar-refractivity contribution in [1.29, 1.82) is 0 Å². The first kappa shape index (κ1) is 18.5. The second-order valence-electron chi connectivity index (χ2n) is 6.14. The molecule has 1 aliphatic heterocycles. The SMILES string of the molecule is Cn1cc(C(=O)N2CCCC2)cc(NC(=O)c2cc(Cl)ccc2Cl)c1=O. The number of carbonyl (C=O) groups excluding carboxylic acids is 2. The number of aromatic nitrogens is 1. The second kappa shape index (κ2) is 7.51. The van der Waals surface area contributed by atoms with Crippen molar-refractivity contribution in [3.8, 4) is 0 Å². The van der Waals surface area contributed by atoms with Gasteiger partial charge in [-0.2, -0.15) is 0 Å². The van der Waals surface area contributed by atoms with Crippen LogP contribution in [0.3, 0.4) is 0 Å². The molecular formula is C18H17Cl2N3O3. The minimum atomic E-state index is -0.569. The molecule has 0 saturated carbocycles. The number of halogens is 2. The number of hydrogen-bond donors (Lipinski definition) is 1. The lowest BCUT2D eigenvalue weighted by Crippen LogP contribution is -2.31. The summed E-state index contributed by atoms with van der Waals surface area (Å²) in [5.74, 6) is -0.727. The highest BCUT2D eigenvalue weighted by atomic mass is 35.5. The number of nitrogens with one attached hydrogen (secondary N) is 1. The first-order valence-electron chi connectivity index (χ1n) is 8.13. The van der Waals surface area contributed by atoms with Gasteiger partial charge in [0.25, 0.3) is 17.4 Å². The highest BCUT2D eigenvalue weighted by Gasteiger charge is 2.22. The van der Waals surface area contributed by atoms with E-state index in [9.17, 15) is 14.4 Å². The smallest absolute Gasteiger partial charge is 0.274 e. The molecule has 1 N–H and O–H groups in total. The Balaban J connectivity index is 1.92. The van der Waals surface area contributed by atoms with Gasteiger partial charge in [-0.1, -0.05) is 23.2 Å². The molecular weight excluding hydrogens is 377 g/mol. The van der Waals surface area contributed by atoms with E-state index < -0.39 is 11.5 Å². The first-order chi connectivity index (χ1) is 12.4. The number of nitrogens with zero attached hydrogens (tertiary/aromatic N) is 2. The van der Waals surface area contributed by atoms with Gasteiger partial charge in [-0.05, 0) is 37.1 Å². The Morgan fingerprint density at radius 1 is 1.12 bits per heavy atom. The van der Waals surface area contributed by atoms with Crippen LogP contribution in [-0.2, 0) is 7.05 Å². The zero-order chi connectivity index (χ0) is 18.8. The molecule has 1 fully saturated rings. The van der Waals surface area contributed by atoms with E-state index in [2.05, 4.69) is 5.32 Å². The molecule has 0 atom stereocenters. The lowest BCUT2D eigenvalue weighted by molar-refractivity contribution is 0.0791. The minimum Gasteiger partial charge on any atom is -0.339 e. The number of aryl methyl sites for hydroxylation is 1. The Morgan fingerprint density at radius 3 is 2.50 bits per heavy atom. The van der Waals surface area contributed by atoms with Crippen molar-refractivity contribution in [2.24, 2.45) is 7.05 Å². The van der Waals surface area contributed by atoms with Crippen LogP contribution in [-0.4, -0.2) is 34.4 Å². The normalized spacial score (nSPS) is 13.7. The van der Waals surface area contributed by atoms with E-state index in [4.69, 9.17) is 23.2 Å². The van der Waals surface area contributed by atoms with E-state index in [0.717, 1.165) is 12.8 Å². The minimum absolute atomic E-state index is 0.0126. The Hall–Kier alpha value is -2.31. The van der Waals surface area contributed by atoms with Gasteiger partial charge in [-0.25, -0.2) is 0 Å². The molecule has 26 heavy (non-hydrogen) atoms. The van der Waals surface area contributed by atoms with E-state index in [1.165, 1.54) is 36.0 Å². The van der Waals surface area contributed by atoms with Crippen LogP contribution < -0.4 is 10.9 Å². The maximum atomic E-state index is 12.6. The quantitative estimate of drug-likeness (QED) is 0.869. The van der Waals surface area contributed by atoms with Crippen LogP contribution in [0, 0.1) is 0 Å². The van der Waals surface area contributed by atoms with Gasteiger partial charge < -0.3 is 14.8 Å². The summed E-state index contributed by atoms with van der Waals surface area (Å²) in [5.41, 5.74) is 0.0899. The van der Waals surface area contributed by atoms with Crippen LogP contribution in [0.4, 0.5) is 5.69 Å². The van der Waals surface area contributed by atoms with Crippen molar-refractivity contribution in [2.45, 2.75) is 12.8 Å². The zero-order valence-corrected chi connectivity index (χ0v) is 15.6. The molecule has 2 heterocycles. The Labute approximate surface area is 160 Å². The van der Waals surface area contributed by atoms with Gasteiger partial charge >= 0.3 is 0 Å². The molecule has 0 spiro atoms. The van der Waals surface area contributed by atoms with Crippen LogP contribution in [0.5, 0.6) is 0 Å². The molecule has 8 heteroatoms. The van der Waals surface area contributed by atoms with Crippen LogP contribution in [0.25, 0.3) is 0 Å². The Bertz CT molecular complexity index is 934. The molecule has 3 rings (SSSR count). The first-order valence-corrected chi connectivity index (χ1v) is 8.89. The topological polar surface area (TPSA) is 71.4 Å². The summed E-state index contributed by atoms with van der Waals surface area (Å²) in [6.45, 7) is 1.39. The molecule has 1 aromatic carbocycles. The summed E-state index contributed by atoms with van der Waals surface area (Å²) >= 11 is 11.9. The van der Waals surface area contributed by atoms with E-state index in [0.29, 0.717) is 23.7 Å². The highest BCUT2D eigenvalue weighted by molar-refractivity contribution is 6.36. The molecule has 2 amide bonds. The van der Waals surface area contributed by atoms with Crippen molar-refractivity contribution < 1.29 is 9.59 Å². The fourth-order valence-electron chi connectivity index (χ4n) is 2.88. The van der Waals surface area contributed by atoms with Crippen molar-refractivity contribution in [3.63, 3.8) is 0 Å². The van der Waals surface area contributed by atoms with Gasteiger partial charge in [0.05, 0.1) is 16.1 Å². The number of benzene rings is 1. The summed E-state index contributed by atoms with van der Waals surface area (Å²) < 4.78 is 1.28. The number of likely N-dealkylation sites (tertiary alicyclic amines) is 1. The molecule has 0 radical (unpaired) electrons. The van der Waals surface area contributed by atoms with Crippen molar-refractivity contribution in [2.75, 3.05) is 18.4 Å². The summed E-state index contributed by atoms with van der Waals surface area (Å²) in [4.78, 5) is 39.2. The van der Waals surface area contributed by atoms with Gasteiger partial charge in [-0.3, -0.25) is 14.4 Å². The largest absolute Gasteiger partial charge is 0.339 e. The summed E-state index contributed by atoms with van der Waals surface area (Å²) in [7, 11) is 1.53. The summed E-state index contributed by atoms with van der Waals surface area (Å²) in [6, 6.07) is 5.89. The monoisotopic (exact) mass is 393 g/mol. The molecule has 0 bridgehead atoms. The van der Waals surface area contributed by atoms with E-state index >= 15 is 0 Å². The molecule has 1 aromatic heterocycles. The highest BCUT2D eigenvalue weighted by Crippen LogP contribution is 2.22. The van der Waals surface area contributed by atoms with Crippen molar-refractivity contribution in [1.82, 2.24) is 9.47 Å². The average Bonchev–Trinajstić information content (AvgIpc) is 3.14. The number of amides is 2. The fraction of sp³-hybridized carbons (Fsp3) is 0.278. The maximum absolute atomic E-state index is 12.6. The van der Waals surface area contributed by atoms with Crippen molar-refractivity contribution in [3.05, 3.63) is 62.0 Å². The Morgan fingerprint density at radius 2 is 1.81 bits per heavy atom. The molecule has 1 saturated heterocycles. The molecule has 2 aromatic rings. The van der Waals surface area contributed by atoms with Gasteiger partial charge in [0.15, 0.2) is 0 Å². The lowest BCUT2D eigenvalue weighted by Gasteiger charge is -2.16. The Kier molecular flexibility index (Phi) is 5.34. The molecule has 0 aliphatic carbocycles. The zero-order valence-electron chi connectivity index (χ0n) is 14.1. The standard InChI is InChI=1S/C18H17Cl2N3O3/c1-22-10-11(17(25)23-6-2-3-7-23)8-15(18(22)26)21-16(24)13-9-12(19)4-5-14(13)20/h4-5,8-10H,2-3,6-7H2,1H3,(H,21,24). The predicted molar refractivity (Wildman–Crippen MR) is 101 cm³/mol. The van der Waals surface area contributed by atoms with Crippen molar-refractivity contribution >= 4 is 40.7 Å². The van der Waals surface area contributed by atoms with E-state index in [-0.39, 0.29) is 22.2 Å². The lowest BCUT2D eigenvalue weighted by atomic mass is 10.2. The van der Waals surface area contributed by atoms with Crippen LogP contribution in [0.1, 0.15) is 33.6 Å². The average molecular weight is 394 g/mol.